The minimum atomic E-state index is -4.09. The Labute approximate surface area is 134 Å². The molecule has 0 radical (unpaired) electrons. The number of phenolic OH excluding ortho intramolecular Hbond substituents is 1. The Hall–Kier alpha value is -2.39. The summed E-state index contributed by atoms with van der Waals surface area (Å²) in [6.07, 6.45) is 0. The first-order valence-corrected chi connectivity index (χ1v) is 8.33. The molecule has 1 aromatic heterocycles. The number of aromatic hydroxyl groups is 1. The molecule has 0 saturated carbocycles. The minimum Gasteiger partial charge on any atom is -0.507 e. The Morgan fingerprint density at radius 3 is 2.52 bits per heavy atom. The lowest BCUT2D eigenvalue weighted by Gasteiger charge is -2.15. The van der Waals surface area contributed by atoms with Crippen LogP contribution in [-0.2, 0) is 14.8 Å². The molecule has 2 aromatic rings. The molecule has 0 bridgehead atoms. The number of carbonyl (C=O) groups is 1. The zero-order valence-corrected chi connectivity index (χ0v) is 13.8. The number of anilines is 1. The van der Waals surface area contributed by atoms with E-state index < -0.39 is 26.7 Å². The molecule has 0 aliphatic rings. The maximum atomic E-state index is 12.3. The van der Waals surface area contributed by atoms with Gasteiger partial charge in [-0.1, -0.05) is 0 Å². The molecule has 1 amide bonds. The van der Waals surface area contributed by atoms with Crippen LogP contribution in [0.25, 0.3) is 0 Å². The molecule has 1 heterocycles. The van der Waals surface area contributed by atoms with Crippen molar-refractivity contribution >= 4 is 21.6 Å². The van der Waals surface area contributed by atoms with Crippen LogP contribution in [0.15, 0.2) is 29.2 Å². The number of aromatic nitrogens is 2. The first-order valence-electron chi connectivity index (χ1n) is 6.79. The number of aryl methyl sites for hydroxylation is 2. The van der Waals surface area contributed by atoms with Gasteiger partial charge in [0.05, 0.1) is 5.69 Å². The smallest absolute Gasteiger partial charge is 0.248 e. The van der Waals surface area contributed by atoms with Gasteiger partial charge in [0.1, 0.15) is 16.7 Å². The monoisotopic (exact) mass is 338 g/mol. The highest BCUT2D eigenvalue weighted by atomic mass is 32.2. The number of amides is 1. The average Bonchev–Trinajstić information content (AvgIpc) is 2.77. The Kier molecular flexibility index (Phi) is 4.44. The van der Waals surface area contributed by atoms with Gasteiger partial charge in [0.2, 0.25) is 15.9 Å². The van der Waals surface area contributed by atoms with Crippen LogP contribution in [-0.4, -0.2) is 29.2 Å². The van der Waals surface area contributed by atoms with E-state index in [4.69, 9.17) is 5.14 Å². The predicted molar refractivity (Wildman–Crippen MR) is 84.5 cm³/mol. The van der Waals surface area contributed by atoms with Crippen LogP contribution in [0.3, 0.4) is 0 Å². The molecule has 1 aromatic carbocycles. The van der Waals surface area contributed by atoms with E-state index in [-0.39, 0.29) is 11.6 Å². The van der Waals surface area contributed by atoms with Crippen molar-refractivity contribution in [3.8, 4) is 5.75 Å². The van der Waals surface area contributed by atoms with Gasteiger partial charge in [0.15, 0.2) is 0 Å². The number of nitrogens with zero attached hydrogens (tertiary/aromatic N) is 2. The van der Waals surface area contributed by atoms with Crippen molar-refractivity contribution in [3.63, 3.8) is 0 Å². The van der Waals surface area contributed by atoms with E-state index in [9.17, 15) is 18.3 Å². The number of primary sulfonamides is 1. The highest BCUT2D eigenvalue weighted by Gasteiger charge is 2.20. The maximum Gasteiger partial charge on any atom is 0.248 e. The van der Waals surface area contributed by atoms with E-state index in [0.717, 1.165) is 23.5 Å². The SMILES string of the molecule is Cc1cc(C)n(C(C)C(=O)Nc2ccc(O)c(S(N)(=O)=O)c2)n1. The molecule has 0 saturated heterocycles. The molecule has 4 N–H and O–H groups in total. The van der Waals surface area contributed by atoms with Crippen LogP contribution < -0.4 is 10.5 Å². The molecule has 0 fully saturated rings. The van der Waals surface area contributed by atoms with Crippen molar-refractivity contribution in [2.24, 2.45) is 5.14 Å². The summed E-state index contributed by atoms with van der Waals surface area (Å²) >= 11 is 0. The van der Waals surface area contributed by atoms with Crippen LogP contribution in [0.5, 0.6) is 5.75 Å². The topological polar surface area (TPSA) is 127 Å². The molecule has 8 nitrogen and oxygen atoms in total. The molecule has 0 aliphatic carbocycles. The molecule has 0 aliphatic heterocycles. The number of nitrogens with one attached hydrogen (secondary N) is 1. The van der Waals surface area contributed by atoms with Crippen LogP contribution in [0.2, 0.25) is 0 Å². The van der Waals surface area contributed by atoms with E-state index >= 15 is 0 Å². The zero-order valence-electron chi connectivity index (χ0n) is 12.9. The van der Waals surface area contributed by atoms with Crippen molar-refractivity contribution in [2.45, 2.75) is 31.7 Å². The second kappa shape index (κ2) is 6.01. The number of carbonyl (C=O) groups excluding carboxylic acids is 1. The fourth-order valence-corrected chi connectivity index (χ4v) is 2.87. The molecule has 124 valence electrons. The molecular formula is C14H18N4O4S. The van der Waals surface area contributed by atoms with E-state index in [1.807, 2.05) is 19.9 Å². The standard InChI is InChI=1S/C14H18N4O4S/c1-8-6-9(2)18(17-8)10(3)14(20)16-11-4-5-12(19)13(7-11)23(15,21)22/h4-7,10,19H,1-3H3,(H,16,20)(H2,15,21,22). The van der Waals surface area contributed by atoms with E-state index in [1.54, 1.807) is 11.6 Å². The van der Waals surface area contributed by atoms with E-state index in [0.29, 0.717) is 0 Å². The Morgan fingerprint density at radius 2 is 2.00 bits per heavy atom. The lowest BCUT2D eigenvalue weighted by atomic mass is 10.2. The normalized spacial score (nSPS) is 12.9. The van der Waals surface area contributed by atoms with Gasteiger partial charge in [-0.2, -0.15) is 5.10 Å². The van der Waals surface area contributed by atoms with Gasteiger partial charge < -0.3 is 10.4 Å². The van der Waals surface area contributed by atoms with Crippen LogP contribution in [0.1, 0.15) is 24.4 Å². The van der Waals surface area contributed by atoms with E-state index in [1.165, 1.54) is 6.07 Å². The first-order chi connectivity index (χ1) is 10.6. The molecule has 9 heteroatoms. The molecular weight excluding hydrogens is 320 g/mol. The number of sulfonamides is 1. The third-order valence-corrected chi connectivity index (χ3v) is 4.26. The maximum absolute atomic E-state index is 12.3. The largest absolute Gasteiger partial charge is 0.507 e. The fourth-order valence-electron chi connectivity index (χ4n) is 2.22. The van der Waals surface area contributed by atoms with Gasteiger partial charge >= 0.3 is 0 Å². The minimum absolute atomic E-state index is 0.213. The molecule has 23 heavy (non-hydrogen) atoms. The quantitative estimate of drug-likeness (QED) is 0.718. The predicted octanol–water partition coefficient (Wildman–Crippen LogP) is 1.05. The van der Waals surface area contributed by atoms with Crippen molar-refractivity contribution in [2.75, 3.05) is 5.32 Å². The van der Waals surface area contributed by atoms with Gasteiger partial charge in [0.25, 0.3) is 0 Å². The Morgan fingerprint density at radius 1 is 1.35 bits per heavy atom. The molecule has 1 unspecified atom stereocenters. The second-order valence-electron chi connectivity index (χ2n) is 5.26. The average molecular weight is 338 g/mol. The number of rotatable bonds is 4. The summed E-state index contributed by atoms with van der Waals surface area (Å²) in [5, 5.41) is 21.4. The summed E-state index contributed by atoms with van der Waals surface area (Å²) in [6, 6.07) is 4.91. The van der Waals surface area contributed by atoms with Gasteiger partial charge in [-0.25, -0.2) is 13.6 Å². The highest BCUT2D eigenvalue weighted by Crippen LogP contribution is 2.25. The molecule has 2 rings (SSSR count). The lowest BCUT2D eigenvalue weighted by Crippen LogP contribution is -2.25. The summed E-state index contributed by atoms with van der Waals surface area (Å²) in [5.74, 6) is -0.848. The highest BCUT2D eigenvalue weighted by molar-refractivity contribution is 7.89. The Bertz CT molecular complexity index is 858. The van der Waals surface area contributed by atoms with Crippen molar-refractivity contribution < 1.29 is 18.3 Å². The number of benzene rings is 1. The van der Waals surface area contributed by atoms with Crippen LogP contribution in [0.4, 0.5) is 5.69 Å². The van der Waals surface area contributed by atoms with Crippen molar-refractivity contribution in [1.29, 1.82) is 0 Å². The zero-order chi connectivity index (χ0) is 17.4. The summed E-state index contributed by atoms with van der Waals surface area (Å²) in [7, 11) is -4.09. The van der Waals surface area contributed by atoms with Gasteiger partial charge in [-0.15, -0.1) is 0 Å². The number of nitrogens with two attached hydrogens (primary N) is 1. The number of hydrogen-bond acceptors (Lipinski definition) is 5. The van der Waals surface area contributed by atoms with Gasteiger partial charge in [-0.05, 0) is 45.0 Å². The van der Waals surface area contributed by atoms with Gasteiger partial charge in [-0.3, -0.25) is 9.48 Å². The van der Waals surface area contributed by atoms with Crippen molar-refractivity contribution in [1.82, 2.24) is 9.78 Å². The lowest BCUT2D eigenvalue weighted by molar-refractivity contribution is -0.119. The summed E-state index contributed by atoms with van der Waals surface area (Å²) in [4.78, 5) is 11.9. The van der Waals surface area contributed by atoms with Crippen LogP contribution >= 0.6 is 0 Å². The molecule has 0 spiro atoms. The van der Waals surface area contributed by atoms with Crippen molar-refractivity contribution in [3.05, 3.63) is 35.7 Å². The third-order valence-electron chi connectivity index (χ3n) is 3.32. The number of hydrogen-bond donors (Lipinski definition) is 3. The fraction of sp³-hybridized carbons (Fsp3) is 0.286. The second-order valence-corrected chi connectivity index (χ2v) is 6.79. The first kappa shape index (κ1) is 17.0. The number of phenols is 1. The Balaban J connectivity index is 2.25. The summed E-state index contributed by atoms with van der Waals surface area (Å²) in [6.45, 7) is 5.34. The summed E-state index contributed by atoms with van der Waals surface area (Å²) < 4.78 is 24.3. The van der Waals surface area contributed by atoms with E-state index in [2.05, 4.69) is 10.4 Å². The summed E-state index contributed by atoms with van der Waals surface area (Å²) in [5.41, 5.74) is 1.84. The van der Waals surface area contributed by atoms with Crippen LogP contribution in [0, 0.1) is 13.8 Å². The molecule has 1 atom stereocenters. The van der Waals surface area contributed by atoms with Gasteiger partial charge in [0, 0.05) is 11.4 Å². The third kappa shape index (κ3) is 3.69.